The Morgan fingerprint density at radius 1 is 1.35 bits per heavy atom. The minimum Gasteiger partial charge on any atom is -0.458 e. The first kappa shape index (κ1) is 15.3. The number of esters is 2. The molecular formula is C14H22O6. The summed E-state index contributed by atoms with van der Waals surface area (Å²) < 4.78 is 16.1. The van der Waals surface area contributed by atoms with E-state index in [0.717, 1.165) is 0 Å². The Labute approximate surface area is 118 Å². The molecule has 2 heterocycles. The maximum Gasteiger partial charge on any atom is 0.310 e. The molecule has 6 heteroatoms. The van der Waals surface area contributed by atoms with Crippen molar-refractivity contribution < 1.29 is 28.9 Å². The van der Waals surface area contributed by atoms with Crippen LogP contribution in [0.5, 0.6) is 0 Å². The van der Waals surface area contributed by atoms with Crippen LogP contribution in [0.1, 0.15) is 27.7 Å². The van der Waals surface area contributed by atoms with Gasteiger partial charge in [0.1, 0.15) is 12.2 Å². The summed E-state index contributed by atoms with van der Waals surface area (Å²) >= 11 is 0. The highest BCUT2D eigenvalue weighted by molar-refractivity contribution is 5.76. The van der Waals surface area contributed by atoms with E-state index in [2.05, 4.69) is 0 Å². The SMILES string of the molecule is CO[C@H]1[C@@H]2OC(=O)[C@@H]([C@@H](C)[C@@H]2OC(C)=O)[C@@H]1C(C)(C)O. The third-order valence-electron chi connectivity index (χ3n) is 4.39. The molecule has 1 N–H and O–H groups in total. The van der Waals surface area contributed by atoms with Crippen molar-refractivity contribution in [3.63, 3.8) is 0 Å². The summed E-state index contributed by atoms with van der Waals surface area (Å²) in [5, 5.41) is 10.4. The first-order valence-corrected chi connectivity index (χ1v) is 6.81. The zero-order valence-electron chi connectivity index (χ0n) is 12.5. The molecule has 2 aliphatic heterocycles. The van der Waals surface area contributed by atoms with Gasteiger partial charge in [-0.05, 0) is 13.8 Å². The lowest BCUT2D eigenvalue weighted by atomic mass is 9.61. The molecule has 3 fully saturated rings. The van der Waals surface area contributed by atoms with Gasteiger partial charge in [-0.2, -0.15) is 0 Å². The summed E-state index contributed by atoms with van der Waals surface area (Å²) in [4.78, 5) is 23.3. The van der Waals surface area contributed by atoms with E-state index in [4.69, 9.17) is 14.2 Å². The molecule has 3 aliphatic rings. The van der Waals surface area contributed by atoms with Crippen molar-refractivity contribution in [1.82, 2.24) is 0 Å². The normalized spacial score (nSPS) is 40.4. The van der Waals surface area contributed by atoms with Crippen molar-refractivity contribution in [2.45, 2.75) is 51.6 Å². The van der Waals surface area contributed by atoms with Crippen LogP contribution < -0.4 is 0 Å². The summed E-state index contributed by atoms with van der Waals surface area (Å²) in [6.07, 6.45) is -1.69. The predicted molar refractivity (Wildman–Crippen MR) is 68.7 cm³/mol. The average molecular weight is 286 g/mol. The van der Waals surface area contributed by atoms with Gasteiger partial charge in [-0.25, -0.2) is 0 Å². The molecule has 0 radical (unpaired) electrons. The van der Waals surface area contributed by atoms with E-state index in [1.807, 2.05) is 6.92 Å². The highest BCUT2D eigenvalue weighted by atomic mass is 16.6. The third kappa shape index (κ3) is 2.31. The second-order valence-electron chi connectivity index (χ2n) is 6.24. The van der Waals surface area contributed by atoms with Gasteiger partial charge in [0.25, 0.3) is 0 Å². The van der Waals surface area contributed by atoms with Crippen LogP contribution in [0.3, 0.4) is 0 Å². The maximum atomic E-state index is 12.1. The summed E-state index contributed by atoms with van der Waals surface area (Å²) in [7, 11) is 1.51. The number of hydrogen-bond acceptors (Lipinski definition) is 6. The van der Waals surface area contributed by atoms with Gasteiger partial charge in [0.15, 0.2) is 6.10 Å². The van der Waals surface area contributed by atoms with Crippen LogP contribution in [-0.4, -0.2) is 48.1 Å². The second kappa shape index (κ2) is 5.00. The van der Waals surface area contributed by atoms with Crippen molar-refractivity contribution in [3.8, 4) is 0 Å². The maximum absolute atomic E-state index is 12.1. The van der Waals surface area contributed by atoms with E-state index in [1.54, 1.807) is 13.8 Å². The van der Waals surface area contributed by atoms with Crippen LogP contribution in [-0.2, 0) is 23.8 Å². The average Bonchev–Trinajstić information content (AvgIpc) is 2.31. The topological polar surface area (TPSA) is 82.1 Å². The van der Waals surface area contributed by atoms with Gasteiger partial charge in [0.2, 0.25) is 0 Å². The minimum atomic E-state index is -1.08. The molecule has 0 spiro atoms. The van der Waals surface area contributed by atoms with E-state index >= 15 is 0 Å². The van der Waals surface area contributed by atoms with E-state index in [1.165, 1.54) is 14.0 Å². The second-order valence-corrected chi connectivity index (χ2v) is 6.24. The summed E-state index contributed by atoms with van der Waals surface area (Å²) in [6, 6.07) is 0. The van der Waals surface area contributed by atoms with Gasteiger partial charge in [-0.15, -0.1) is 0 Å². The standard InChI is InChI=1S/C14H22O6/c1-6-8-9(14(3,4)17)11(18-5)12(20-13(8)16)10(6)19-7(2)15/h6,8-12,17H,1-5H3/t6-,8+,9+,10+,11-,12-/m1/s1. The molecule has 0 aromatic rings. The van der Waals surface area contributed by atoms with Crippen molar-refractivity contribution >= 4 is 11.9 Å². The van der Waals surface area contributed by atoms with Crippen LogP contribution in [0.2, 0.25) is 0 Å². The molecule has 0 amide bonds. The van der Waals surface area contributed by atoms with Gasteiger partial charge >= 0.3 is 11.9 Å². The van der Waals surface area contributed by atoms with E-state index in [0.29, 0.717) is 0 Å². The molecule has 6 atom stereocenters. The van der Waals surface area contributed by atoms with E-state index < -0.39 is 35.8 Å². The number of aliphatic hydroxyl groups is 1. The molecule has 20 heavy (non-hydrogen) atoms. The largest absolute Gasteiger partial charge is 0.458 e. The number of carbonyl (C=O) groups excluding carboxylic acids is 2. The number of ether oxygens (including phenoxy) is 3. The van der Waals surface area contributed by atoms with Crippen LogP contribution in [0.15, 0.2) is 0 Å². The Hall–Kier alpha value is -1.14. The van der Waals surface area contributed by atoms with Crippen molar-refractivity contribution in [3.05, 3.63) is 0 Å². The van der Waals surface area contributed by atoms with E-state index in [-0.39, 0.29) is 17.8 Å². The fraction of sp³-hybridized carbons (Fsp3) is 0.857. The van der Waals surface area contributed by atoms with Crippen LogP contribution in [0.25, 0.3) is 0 Å². The van der Waals surface area contributed by atoms with Gasteiger partial charge in [0.05, 0.1) is 11.5 Å². The number of carbonyl (C=O) groups is 2. The first-order valence-electron chi connectivity index (χ1n) is 6.81. The lowest BCUT2D eigenvalue weighted by molar-refractivity contribution is -0.262. The molecule has 1 aliphatic carbocycles. The molecule has 2 bridgehead atoms. The first-order chi connectivity index (χ1) is 9.18. The Morgan fingerprint density at radius 2 is 1.95 bits per heavy atom. The molecule has 114 valence electrons. The molecule has 6 nitrogen and oxygen atoms in total. The van der Waals surface area contributed by atoms with Crippen LogP contribution in [0.4, 0.5) is 0 Å². The zero-order valence-corrected chi connectivity index (χ0v) is 12.5. The Bertz CT molecular complexity index is 412. The monoisotopic (exact) mass is 286 g/mol. The molecule has 0 unspecified atom stereocenters. The molecule has 3 rings (SSSR count). The fourth-order valence-corrected chi connectivity index (χ4v) is 3.62. The van der Waals surface area contributed by atoms with E-state index in [9.17, 15) is 14.7 Å². The summed E-state index contributed by atoms with van der Waals surface area (Å²) in [5.74, 6) is -1.92. The summed E-state index contributed by atoms with van der Waals surface area (Å²) in [5.41, 5.74) is -1.08. The smallest absolute Gasteiger partial charge is 0.310 e. The third-order valence-corrected chi connectivity index (χ3v) is 4.39. The van der Waals surface area contributed by atoms with Crippen LogP contribution >= 0.6 is 0 Å². The number of rotatable bonds is 3. The molecule has 2 saturated heterocycles. The Kier molecular flexibility index (Phi) is 3.81. The number of hydrogen-bond donors (Lipinski definition) is 1. The van der Waals surface area contributed by atoms with Crippen molar-refractivity contribution in [2.75, 3.05) is 7.11 Å². The van der Waals surface area contributed by atoms with Gasteiger partial charge < -0.3 is 19.3 Å². The predicted octanol–water partition coefficient (Wildman–Crippen LogP) is 0.511. The Morgan fingerprint density at radius 3 is 2.40 bits per heavy atom. The number of fused-ring (bicyclic) bond motifs is 3. The molecule has 1 saturated carbocycles. The number of methoxy groups -OCH3 is 1. The summed E-state index contributed by atoms with van der Waals surface area (Å²) in [6.45, 7) is 6.48. The highest BCUT2D eigenvalue weighted by Gasteiger charge is 2.63. The van der Waals surface area contributed by atoms with Gasteiger partial charge in [0, 0.05) is 25.9 Å². The molecule has 0 aromatic heterocycles. The van der Waals surface area contributed by atoms with Crippen molar-refractivity contribution in [1.29, 1.82) is 0 Å². The minimum absolute atomic E-state index is 0.215. The fourth-order valence-electron chi connectivity index (χ4n) is 3.62. The zero-order chi connectivity index (χ0) is 15.2. The molecule has 0 aromatic carbocycles. The van der Waals surface area contributed by atoms with Crippen LogP contribution in [0, 0.1) is 17.8 Å². The molecular weight excluding hydrogens is 264 g/mol. The lowest BCUT2D eigenvalue weighted by Crippen LogP contribution is -2.69. The Balaban J connectivity index is 2.39. The lowest BCUT2D eigenvalue weighted by Gasteiger charge is -2.55. The quantitative estimate of drug-likeness (QED) is 0.761. The van der Waals surface area contributed by atoms with Gasteiger partial charge in [-0.1, -0.05) is 6.92 Å². The highest BCUT2D eigenvalue weighted by Crippen LogP contribution is 2.48. The van der Waals surface area contributed by atoms with Gasteiger partial charge in [-0.3, -0.25) is 9.59 Å². The van der Waals surface area contributed by atoms with Crippen molar-refractivity contribution in [2.24, 2.45) is 17.8 Å².